The first-order chi connectivity index (χ1) is 16.9. The Morgan fingerprint density at radius 2 is 1.11 bits per heavy atom. The lowest BCUT2D eigenvalue weighted by Crippen LogP contribution is -2.00. The summed E-state index contributed by atoms with van der Waals surface area (Å²) in [6.07, 6.45) is 0. The Kier molecular flexibility index (Phi) is 12.0. The maximum Gasteiger partial charge on any atom is 0.335 e. The lowest BCUT2D eigenvalue weighted by molar-refractivity contribution is 0.0685. The molecule has 3 aromatic rings. The Hall–Kier alpha value is -4.00. The van der Waals surface area contributed by atoms with Gasteiger partial charge in [0, 0.05) is 5.56 Å². The van der Waals surface area contributed by atoms with Crippen molar-refractivity contribution >= 4 is 49.6 Å². The second kappa shape index (κ2) is 14.4. The normalized spacial score (nSPS) is 9.31. The van der Waals surface area contributed by atoms with Crippen LogP contribution in [0.2, 0.25) is 0 Å². The van der Waals surface area contributed by atoms with Gasteiger partial charge in [0.05, 0.1) is 32.1 Å². The van der Waals surface area contributed by atoms with E-state index in [-0.39, 0.29) is 43.4 Å². The molecule has 36 heavy (non-hydrogen) atoms. The Bertz CT molecular complexity index is 1390. The second-order valence-corrected chi connectivity index (χ2v) is 7.82. The maximum absolute atomic E-state index is 13.0. The van der Waals surface area contributed by atoms with Crippen molar-refractivity contribution in [3.05, 3.63) is 104 Å². The monoisotopic (exact) mass is 624 g/mol. The first kappa shape index (κ1) is 30.0. The molecule has 0 aliphatic carbocycles. The topological polar surface area (TPSA) is 139 Å². The van der Waals surface area contributed by atoms with Gasteiger partial charge < -0.3 is 10.2 Å². The number of carbonyl (C=O) groups is 3. The van der Waals surface area contributed by atoms with Crippen LogP contribution in [0.25, 0.3) is 0 Å². The summed E-state index contributed by atoms with van der Waals surface area (Å²) in [7, 11) is 0. The van der Waals surface area contributed by atoms with Gasteiger partial charge in [0.2, 0.25) is 0 Å². The molecule has 0 atom stereocenters. The number of hydrogen-bond donors (Lipinski definition) is 2. The lowest BCUT2D eigenvalue weighted by Gasteiger charge is -1.97. The molecule has 0 saturated carbocycles. The molecule has 12 heteroatoms. The average molecular weight is 626 g/mol. The molecular weight excluding hydrogens is 613 g/mol. The number of Topliss-reactive ketones (excluding diaryl/α,β-unsaturated/α-hetero) is 1. The van der Waals surface area contributed by atoms with E-state index in [0.717, 1.165) is 24.3 Å². The molecule has 0 saturated heterocycles. The molecule has 0 heterocycles. The summed E-state index contributed by atoms with van der Waals surface area (Å²) in [5.41, 5.74) is -0.142. The summed E-state index contributed by atoms with van der Waals surface area (Å²) in [4.78, 5) is 31.7. The minimum atomic E-state index is -1.21. The fourth-order valence-corrected chi connectivity index (χ4v) is 2.79. The number of rotatable bonds is 4. The number of nitrogens with zero attached hydrogens (tertiary/aromatic N) is 2. The number of hydrogen-bond acceptors (Lipinski definition) is 5. The minimum Gasteiger partial charge on any atom is -0.478 e. The molecule has 0 unspecified atom stereocenters. The van der Waals surface area contributed by atoms with Crippen molar-refractivity contribution in [3.8, 4) is 12.1 Å². The molecule has 0 amide bonds. The number of carboxylic acids is 2. The van der Waals surface area contributed by atoms with E-state index in [1.807, 2.05) is 0 Å². The average Bonchev–Trinajstić information content (AvgIpc) is 2.85. The van der Waals surface area contributed by atoms with Crippen LogP contribution >= 0.6 is 31.9 Å². The van der Waals surface area contributed by atoms with Crippen LogP contribution in [-0.2, 0) is 0 Å². The molecule has 0 bridgehead atoms. The van der Waals surface area contributed by atoms with Gasteiger partial charge in [-0.25, -0.2) is 22.8 Å². The van der Waals surface area contributed by atoms with Crippen LogP contribution in [0.1, 0.15) is 42.2 Å². The van der Waals surface area contributed by atoms with Gasteiger partial charge in [0.25, 0.3) is 0 Å². The van der Waals surface area contributed by atoms with E-state index < -0.39 is 29.4 Å². The van der Waals surface area contributed by atoms with Gasteiger partial charge in [-0.1, -0.05) is 15.9 Å². The van der Waals surface area contributed by atoms with Gasteiger partial charge >= 0.3 is 11.9 Å². The van der Waals surface area contributed by atoms with Crippen molar-refractivity contribution in [2.45, 2.75) is 0 Å². The predicted molar refractivity (Wildman–Crippen MR) is 128 cm³/mol. The molecule has 7 nitrogen and oxygen atoms in total. The van der Waals surface area contributed by atoms with Crippen LogP contribution in [0.5, 0.6) is 0 Å². The van der Waals surface area contributed by atoms with E-state index in [1.165, 1.54) is 30.3 Å². The fraction of sp³-hybridized carbons (Fsp3) is 0.0417. The number of carboxylic acid groups (broad SMARTS) is 2. The standard InChI is InChI=1S/C9H5BrFNO.C8H4FNO2.C7H4BrFO2/c10-4-9(13)6-1-2-7(5-12)8(11)3-6;9-7-3-5(8(11)12)1-2-6(7)4-10;8-5-2-1-4(7(10)11)3-6(5)9/h1-3H,4H2;1-3H,(H,11,12);1-3H,(H,10,11). The number of nitriles is 2. The van der Waals surface area contributed by atoms with Crippen LogP contribution in [0.3, 0.4) is 0 Å². The molecule has 0 spiro atoms. The molecule has 0 aromatic heterocycles. The predicted octanol–water partition coefficient (Wildman–Crippen LogP) is 5.96. The van der Waals surface area contributed by atoms with Crippen molar-refractivity contribution < 1.29 is 37.8 Å². The van der Waals surface area contributed by atoms with Gasteiger partial charge in [0.1, 0.15) is 29.6 Å². The molecule has 0 aliphatic heterocycles. The summed E-state index contributed by atoms with van der Waals surface area (Å²) in [5, 5.41) is 33.7. The summed E-state index contributed by atoms with van der Waals surface area (Å²) in [6, 6.07) is 13.9. The number of ketones is 1. The molecular formula is C24H13Br2F3N2O5. The number of carbonyl (C=O) groups excluding carboxylic acids is 1. The van der Waals surface area contributed by atoms with Crippen LogP contribution in [0.4, 0.5) is 13.2 Å². The second-order valence-electron chi connectivity index (χ2n) is 6.41. The molecule has 184 valence electrons. The molecule has 3 rings (SSSR count). The molecule has 2 N–H and O–H groups in total. The van der Waals surface area contributed by atoms with Crippen LogP contribution < -0.4 is 0 Å². The van der Waals surface area contributed by atoms with E-state index in [0.29, 0.717) is 0 Å². The third-order valence-corrected chi connectivity index (χ3v) is 5.19. The number of halogens is 5. The highest BCUT2D eigenvalue weighted by Gasteiger charge is 2.08. The lowest BCUT2D eigenvalue weighted by atomic mass is 10.1. The maximum atomic E-state index is 13.0. The van der Waals surface area contributed by atoms with Crippen LogP contribution in [-0.4, -0.2) is 33.3 Å². The first-order valence-corrected chi connectivity index (χ1v) is 11.3. The zero-order valence-electron chi connectivity index (χ0n) is 17.8. The zero-order valence-corrected chi connectivity index (χ0v) is 21.0. The van der Waals surface area contributed by atoms with E-state index in [9.17, 15) is 27.6 Å². The smallest absolute Gasteiger partial charge is 0.335 e. The SMILES string of the molecule is N#Cc1ccc(C(=O)CBr)cc1F.N#Cc1ccc(C(=O)O)cc1F.O=C(O)c1ccc(Br)c(F)c1. The summed E-state index contributed by atoms with van der Waals surface area (Å²) < 4.78 is 38.6. The van der Waals surface area contributed by atoms with Crippen molar-refractivity contribution in [2.75, 3.05) is 5.33 Å². The van der Waals surface area contributed by atoms with Gasteiger partial charge in [-0.05, 0) is 70.5 Å². The van der Waals surface area contributed by atoms with Gasteiger partial charge in [-0.3, -0.25) is 4.79 Å². The number of aromatic carboxylic acids is 2. The Balaban J connectivity index is 0.000000271. The van der Waals surface area contributed by atoms with E-state index >= 15 is 0 Å². The largest absolute Gasteiger partial charge is 0.478 e. The molecule has 0 radical (unpaired) electrons. The van der Waals surface area contributed by atoms with Crippen molar-refractivity contribution in [3.63, 3.8) is 0 Å². The zero-order chi connectivity index (χ0) is 27.4. The molecule has 0 aliphatic rings. The summed E-state index contributed by atoms with van der Waals surface area (Å²) in [5.74, 6) is -4.57. The first-order valence-electron chi connectivity index (χ1n) is 9.35. The Morgan fingerprint density at radius 1 is 0.722 bits per heavy atom. The highest BCUT2D eigenvalue weighted by Crippen LogP contribution is 2.16. The van der Waals surface area contributed by atoms with Crippen molar-refractivity contribution in [2.24, 2.45) is 0 Å². The number of alkyl halides is 1. The third kappa shape index (κ3) is 8.98. The van der Waals surface area contributed by atoms with Crippen molar-refractivity contribution in [1.82, 2.24) is 0 Å². The minimum absolute atomic E-state index is 0.0499. The summed E-state index contributed by atoms with van der Waals surface area (Å²) in [6.45, 7) is 0. The van der Waals surface area contributed by atoms with Gasteiger partial charge in [-0.2, -0.15) is 10.5 Å². The highest BCUT2D eigenvalue weighted by molar-refractivity contribution is 9.10. The summed E-state index contributed by atoms with van der Waals surface area (Å²) >= 11 is 5.89. The quantitative estimate of drug-likeness (QED) is 0.269. The van der Waals surface area contributed by atoms with Gasteiger partial charge in [0.15, 0.2) is 5.78 Å². The fourth-order valence-electron chi connectivity index (χ4n) is 2.22. The molecule has 3 aromatic carbocycles. The van der Waals surface area contributed by atoms with Crippen molar-refractivity contribution in [1.29, 1.82) is 10.5 Å². The van der Waals surface area contributed by atoms with E-state index in [2.05, 4.69) is 31.9 Å². The number of benzene rings is 3. The Labute approximate surface area is 219 Å². The van der Waals surface area contributed by atoms with E-state index in [4.69, 9.17) is 20.7 Å². The highest BCUT2D eigenvalue weighted by atomic mass is 79.9. The van der Waals surface area contributed by atoms with Gasteiger partial charge in [-0.15, -0.1) is 0 Å². The Morgan fingerprint density at radius 3 is 1.47 bits per heavy atom. The van der Waals surface area contributed by atoms with Crippen LogP contribution in [0.15, 0.2) is 59.1 Å². The molecule has 0 fully saturated rings. The van der Waals surface area contributed by atoms with E-state index in [1.54, 1.807) is 12.1 Å². The van der Waals surface area contributed by atoms with Crippen LogP contribution in [0, 0.1) is 40.1 Å². The third-order valence-electron chi connectivity index (χ3n) is 4.04.